The van der Waals surface area contributed by atoms with Gasteiger partial charge in [0.2, 0.25) is 0 Å². The van der Waals surface area contributed by atoms with Crippen molar-refractivity contribution in [2.45, 2.75) is 13.0 Å². The van der Waals surface area contributed by atoms with Crippen LogP contribution in [0.4, 0.5) is 5.69 Å². The average molecular weight is 291 g/mol. The van der Waals surface area contributed by atoms with Crippen LogP contribution in [0.1, 0.15) is 29.0 Å². The Balaban J connectivity index is 2.28. The van der Waals surface area contributed by atoms with Gasteiger partial charge in [-0.1, -0.05) is 23.7 Å². The standard InChI is InChI=1S/C15H15ClN2O2/c1-10(11-4-3-5-12(16)8-11)18(2)13-6-7-17-14(9-13)15(19)20/h3-10H,1-2H3,(H,19,20). The van der Waals surface area contributed by atoms with E-state index >= 15 is 0 Å². The second kappa shape index (κ2) is 5.92. The molecule has 0 fully saturated rings. The zero-order chi connectivity index (χ0) is 14.7. The molecule has 104 valence electrons. The second-order valence-corrected chi connectivity index (χ2v) is 4.98. The van der Waals surface area contributed by atoms with Crippen LogP contribution < -0.4 is 4.90 Å². The fourth-order valence-corrected chi connectivity index (χ4v) is 2.17. The van der Waals surface area contributed by atoms with Crippen molar-refractivity contribution in [2.75, 3.05) is 11.9 Å². The number of carbonyl (C=O) groups is 1. The summed E-state index contributed by atoms with van der Waals surface area (Å²) in [6.07, 6.45) is 1.50. The Morgan fingerprint density at radius 1 is 1.35 bits per heavy atom. The molecule has 1 atom stereocenters. The number of aromatic carboxylic acids is 1. The molecule has 0 amide bonds. The van der Waals surface area contributed by atoms with Crippen molar-refractivity contribution in [2.24, 2.45) is 0 Å². The van der Waals surface area contributed by atoms with Gasteiger partial charge in [-0.15, -0.1) is 0 Å². The number of halogens is 1. The topological polar surface area (TPSA) is 53.4 Å². The van der Waals surface area contributed by atoms with Gasteiger partial charge < -0.3 is 10.0 Å². The van der Waals surface area contributed by atoms with Crippen LogP contribution in [0.15, 0.2) is 42.6 Å². The zero-order valence-corrected chi connectivity index (χ0v) is 12.0. The van der Waals surface area contributed by atoms with Crippen LogP contribution in [0.2, 0.25) is 5.02 Å². The molecule has 5 heteroatoms. The van der Waals surface area contributed by atoms with Crippen LogP contribution in [0, 0.1) is 0 Å². The number of hydrogen-bond acceptors (Lipinski definition) is 3. The van der Waals surface area contributed by atoms with E-state index in [1.54, 1.807) is 12.1 Å². The lowest BCUT2D eigenvalue weighted by atomic mass is 10.1. The number of rotatable bonds is 4. The maximum absolute atomic E-state index is 11.0. The molecule has 0 aliphatic rings. The molecule has 0 radical (unpaired) electrons. The molecule has 2 aromatic rings. The summed E-state index contributed by atoms with van der Waals surface area (Å²) in [6.45, 7) is 2.03. The van der Waals surface area contributed by atoms with Crippen molar-refractivity contribution in [3.8, 4) is 0 Å². The van der Waals surface area contributed by atoms with E-state index in [0.29, 0.717) is 5.02 Å². The number of pyridine rings is 1. The van der Waals surface area contributed by atoms with E-state index < -0.39 is 5.97 Å². The largest absolute Gasteiger partial charge is 0.477 e. The molecular weight excluding hydrogens is 276 g/mol. The lowest BCUT2D eigenvalue weighted by Crippen LogP contribution is -2.22. The summed E-state index contributed by atoms with van der Waals surface area (Å²) in [5, 5.41) is 9.67. The first kappa shape index (κ1) is 14.3. The zero-order valence-electron chi connectivity index (χ0n) is 11.2. The Hall–Kier alpha value is -2.07. The van der Waals surface area contributed by atoms with E-state index in [4.69, 9.17) is 16.7 Å². The highest BCUT2D eigenvalue weighted by Gasteiger charge is 2.14. The second-order valence-electron chi connectivity index (χ2n) is 4.55. The molecule has 0 bridgehead atoms. The average Bonchev–Trinajstić information content (AvgIpc) is 2.45. The van der Waals surface area contributed by atoms with Gasteiger partial charge in [-0.2, -0.15) is 0 Å². The van der Waals surface area contributed by atoms with E-state index in [1.165, 1.54) is 6.20 Å². The highest BCUT2D eigenvalue weighted by molar-refractivity contribution is 6.30. The smallest absolute Gasteiger partial charge is 0.354 e. The summed E-state index contributed by atoms with van der Waals surface area (Å²) in [4.78, 5) is 16.8. The van der Waals surface area contributed by atoms with Crippen molar-refractivity contribution in [3.05, 3.63) is 58.9 Å². The number of hydrogen-bond donors (Lipinski definition) is 1. The monoisotopic (exact) mass is 290 g/mol. The number of nitrogens with zero attached hydrogens (tertiary/aromatic N) is 2. The van der Waals surface area contributed by atoms with Crippen LogP contribution in [0.5, 0.6) is 0 Å². The Labute approximate surface area is 122 Å². The van der Waals surface area contributed by atoms with Crippen LogP contribution in [-0.4, -0.2) is 23.1 Å². The third kappa shape index (κ3) is 3.08. The molecule has 1 unspecified atom stereocenters. The molecular formula is C15H15ClN2O2. The minimum Gasteiger partial charge on any atom is -0.477 e. The summed E-state index contributed by atoms with van der Waals surface area (Å²) in [5.41, 5.74) is 1.89. The number of benzene rings is 1. The molecule has 1 aromatic carbocycles. The molecule has 20 heavy (non-hydrogen) atoms. The Bertz CT molecular complexity index is 631. The molecule has 4 nitrogen and oxygen atoms in total. The first-order chi connectivity index (χ1) is 9.49. The molecule has 1 aromatic heterocycles. The van der Waals surface area contributed by atoms with Gasteiger partial charge in [0.25, 0.3) is 0 Å². The molecule has 0 saturated carbocycles. The van der Waals surface area contributed by atoms with Gasteiger partial charge in [0.1, 0.15) is 5.69 Å². The third-order valence-electron chi connectivity index (χ3n) is 3.28. The predicted molar refractivity (Wildman–Crippen MR) is 79.5 cm³/mol. The fraction of sp³-hybridized carbons (Fsp3) is 0.200. The molecule has 0 aliphatic carbocycles. The van der Waals surface area contributed by atoms with E-state index in [0.717, 1.165) is 11.3 Å². The molecule has 2 rings (SSSR count). The Morgan fingerprint density at radius 2 is 2.10 bits per heavy atom. The van der Waals surface area contributed by atoms with E-state index in [9.17, 15) is 4.79 Å². The molecule has 1 heterocycles. The fourth-order valence-electron chi connectivity index (χ4n) is 1.97. The third-order valence-corrected chi connectivity index (χ3v) is 3.52. The highest BCUT2D eigenvalue weighted by Crippen LogP contribution is 2.26. The van der Waals surface area contributed by atoms with Gasteiger partial charge in [0.05, 0.1) is 6.04 Å². The maximum atomic E-state index is 11.0. The van der Waals surface area contributed by atoms with Crippen LogP contribution in [-0.2, 0) is 0 Å². The van der Waals surface area contributed by atoms with Crippen molar-refractivity contribution in [3.63, 3.8) is 0 Å². The summed E-state index contributed by atoms with van der Waals surface area (Å²) < 4.78 is 0. The SMILES string of the molecule is CC(c1cccc(Cl)c1)N(C)c1ccnc(C(=O)O)c1. The van der Waals surface area contributed by atoms with E-state index in [2.05, 4.69) is 4.98 Å². The van der Waals surface area contributed by atoms with Gasteiger partial charge in [0.15, 0.2) is 0 Å². The lowest BCUT2D eigenvalue weighted by molar-refractivity contribution is 0.0690. The quantitative estimate of drug-likeness (QED) is 0.934. The van der Waals surface area contributed by atoms with Crippen molar-refractivity contribution in [1.29, 1.82) is 0 Å². The van der Waals surface area contributed by atoms with Crippen molar-refractivity contribution >= 4 is 23.3 Å². The highest BCUT2D eigenvalue weighted by atomic mass is 35.5. The lowest BCUT2D eigenvalue weighted by Gasteiger charge is -2.27. The van der Waals surface area contributed by atoms with Gasteiger partial charge >= 0.3 is 5.97 Å². The predicted octanol–water partition coefficient (Wildman–Crippen LogP) is 3.63. The summed E-state index contributed by atoms with van der Waals surface area (Å²) in [7, 11) is 1.91. The maximum Gasteiger partial charge on any atom is 0.354 e. The molecule has 0 aliphatic heterocycles. The molecule has 0 spiro atoms. The van der Waals surface area contributed by atoms with Gasteiger partial charge in [-0.05, 0) is 36.8 Å². The number of anilines is 1. The van der Waals surface area contributed by atoms with Crippen LogP contribution in [0.3, 0.4) is 0 Å². The van der Waals surface area contributed by atoms with E-state index in [1.807, 2.05) is 43.1 Å². The minimum atomic E-state index is -1.03. The number of carboxylic acids is 1. The summed E-state index contributed by atoms with van der Waals surface area (Å²) >= 11 is 6.00. The van der Waals surface area contributed by atoms with Gasteiger partial charge in [0, 0.05) is 24.0 Å². The molecule has 1 N–H and O–H groups in total. The summed E-state index contributed by atoms with van der Waals surface area (Å²) in [6, 6.07) is 11.0. The Morgan fingerprint density at radius 3 is 2.75 bits per heavy atom. The molecule has 0 saturated heterocycles. The van der Waals surface area contributed by atoms with Crippen molar-refractivity contribution in [1.82, 2.24) is 4.98 Å². The first-order valence-electron chi connectivity index (χ1n) is 6.16. The summed E-state index contributed by atoms with van der Waals surface area (Å²) in [5.74, 6) is -1.03. The van der Waals surface area contributed by atoms with Crippen molar-refractivity contribution < 1.29 is 9.90 Å². The number of aromatic nitrogens is 1. The minimum absolute atomic E-state index is 0.0349. The van der Waals surface area contributed by atoms with Crippen LogP contribution in [0.25, 0.3) is 0 Å². The van der Waals surface area contributed by atoms with Gasteiger partial charge in [-0.25, -0.2) is 9.78 Å². The van der Waals surface area contributed by atoms with Crippen LogP contribution >= 0.6 is 11.6 Å². The first-order valence-corrected chi connectivity index (χ1v) is 6.54. The number of carboxylic acid groups (broad SMARTS) is 1. The Kier molecular flexibility index (Phi) is 4.25. The normalized spacial score (nSPS) is 11.9. The van der Waals surface area contributed by atoms with E-state index in [-0.39, 0.29) is 11.7 Å². The van der Waals surface area contributed by atoms with Gasteiger partial charge in [-0.3, -0.25) is 0 Å².